The van der Waals surface area contributed by atoms with Crippen molar-refractivity contribution in [2.45, 2.75) is 32.6 Å². The zero-order chi connectivity index (χ0) is 16.2. The lowest BCUT2D eigenvalue weighted by atomic mass is 9.66. The molecule has 6 heteroatoms. The Morgan fingerprint density at radius 3 is 2.59 bits per heavy atom. The minimum Gasteiger partial charge on any atom is -0.497 e. The van der Waals surface area contributed by atoms with Crippen molar-refractivity contribution in [2.75, 3.05) is 19.0 Å². The van der Waals surface area contributed by atoms with Gasteiger partial charge in [0.2, 0.25) is 5.91 Å². The highest BCUT2D eigenvalue weighted by Crippen LogP contribution is 2.44. The van der Waals surface area contributed by atoms with Gasteiger partial charge in [-0.15, -0.1) is 0 Å². The Bertz CT molecular complexity index is 566. The molecule has 0 aliphatic heterocycles. The topological polar surface area (TPSA) is 84.9 Å². The molecule has 1 aromatic carbocycles. The summed E-state index contributed by atoms with van der Waals surface area (Å²) in [6.45, 7) is 2.32. The van der Waals surface area contributed by atoms with E-state index in [1.54, 1.807) is 18.2 Å². The highest BCUT2D eigenvalue weighted by Gasteiger charge is 2.45. The van der Waals surface area contributed by atoms with Crippen LogP contribution in [0, 0.1) is 5.41 Å². The number of aliphatic carboxylic acids is 1. The number of anilines is 1. The minimum atomic E-state index is -0.908. The Morgan fingerprint density at radius 2 is 2.09 bits per heavy atom. The van der Waals surface area contributed by atoms with Gasteiger partial charge in [-0.05, 0) is 31.9 Å². The molecule has 2 rings (SSSR count). The van der Waals surface area contributed by atoms with Gasteiger partial charge in [-0.25, -0.2) is 0 Å². The molecule has 6 nitrogen and oxygen atoms in total. The highest BCUT2D eigenvalue weighted by atomic mass is 16.5. The molecular weight excluding hydrogens is 286 g/mol. The lowest BCUT2D eigenvalue weighted by Crippen LogP contribution is -2.41. The van der Waals surface area contributed by atoms with E-state index in [4.69, 9.17) is 9.47 Å². The number of ether oxygens (including phenoxy) is 2. The van der Waals surface area contributed by atoms with Gasteiger partial charge in [0, 0.05) is 12.5 Å². The fraction of sp³-hybridized carbons (Fsp3) is 0.500. The second-order valence-corrected chi connectivity index (χ2v) is 5.46. The van der Waals surface area contributed by atoms with Crippen LogP contribution in [0.25, 0.3) is 0 Å². The number of nitrogens with one attached hydrogen (secondary N) is 1. The highest BCUT2D eigenvalue weighted by molar-refractivity contribution is 5.95. The Hall–Kier alpha value is -2.24. The monoisotopic (exact) mass is 307 g/mol. The van der Waals surface area contributed by atoms with Crippen LogP contribution in [0.1, 0.15) is 32.6 Å². The smallest absolute Gasteiger partial charge is 0.310 e. The zero-order valence-corrected chi connectivity index (χ0v) is 12.8. The van der Waals surface area contributed by atoms with Gasteiger partial charge in [0.1, 0.15) is 11.5 Å². The Labute approximate surface area is 129 Å². The van der Waals surface area contributed by atoms with E-state index in [0.717, 1.165) is 6.42 Å². The average molecular weight is 307 g/mol. The minimum absolute atomic E-state index is 0.0227. The predicted octanol–water partition coefficient (Wildman–Crippen LogP) is 2.68. The molecule has 0 bridgehead atoms. The van der Waals surface area contributed by atoms with Crippen molar-refractivity contribution in [3.05, 3.63) is 18.2 Å². The number of carboxylic acid groups (broad SMARTS) is 1. The summed E-state index contributed by atoms with van der Waals surface area (Å²) >= 11 is 0. The van der Waals surface area contributed by atoms with Crippen LogP contribution < -0.4 is 14.8 Å². The van der Waals surface area contributed by atoms with E-state index in [-0.39, 0.29) is 12.3 Å². The van der Waals surface area contributed by atoms with Gasteiger partial charge in [0.25, 0.3) is 0 Å². The molecule has 1 amide bonds. The number of carbonyl (C=O) groups is 2. The summed E-state index contributed by atoms with van der Waals surface area (Å²) in [6, 6.07) is 5.12. The van der Waals surface area contributed by atoms with Crippen LogP contribution in [0.3, 0.4) is 0 Å². The number of carbonyl (C=O) groups excluding carboxylic acids is 1. The first-order valence-corrected chi connectivity index (χ1v) is 7.35. The molecule has 0 saturated heterocycles. The maximum absolute atomic E-state index is 12.2. The quantitative estimate of drug-likeness (QED) is 0.809. The first-order valence-electron chi connectivity index (χ1n) is 7.35. The largest absolute Gasteiger partial charge is 0.497 e. The van der Waals surface area contributed by atoms with Crippen molar-refractivity contribution in [1.29, 1.82) is 0 Å². The summed E-state index contributed by atoms with van der Waals surface area (Å²) in [5, 5.41) is 12.0. The van der Waals surface area contributed by atoms with Crippen molar-refractivity contribution in [3.63, 3.8) is 0 Å². The van der Waals surface area contributed by atoms with Gasteiger partial charge in [-0.2, -0.15) is 0 Å². The van der Waals surface area contributed by atoms with E-state index in [1.807, 2.05) is 6.92 Å². The van der Waals surface area contributed by atoms with Gasteiger partial charge in [0.15, 0.2) is 0 Å². The molecule has 120 valence electrons. The number of hydrogen-bond donors (Lipinski definition) is 2. The second-order valence-electron chi connectivity index (χ2n) is 5.46. The average Bonchev–Trinajstić information content (AvgIpc) is 2.44. The van der Waals surface area contributed by atoms with Crippen LogP contribution in [0.4, 0.5) is 5.69 Å². The zero-order valence-electron chi connectivity index (χ0n) is 12.8. The summed E-state index contributed by atoms with van der Waals surface area (Å²) in [5.41, 5.74) is -0.416. The summed E-state index contributed by atoms with van der Waals surface area (Å²) in [5.74, 6) is -0.0918. The Balaban J connectivity index is 2.11. The maximum atomic E-state index is 12.2. The van der Waals surface area contributed by atoms with Gasteiger partial charge in [0.05, 0.1) is 24.8 Å². The van der Waals surface area contributed by atoms with Crippen LogP contribution in [0.5, 0.6) is 11.5 Å². The fourth-order valence-electron chi connectivity index (χ4n) is 2.59. The molecule has 1 saturated carbocycles. The van der Waals surface area contributed by atoms with E-state index in [9.17, 15) is 14.7 Å². The van der Waals surface area contributed by atoms with Gasteiger partial charge < -0.3 is 19.9 Å². The first-order chi connectivity index (χ1) is 10.5. The molecular formula is C16H21NO5. The normalized spacial score (nSPS) is 15.5. The van der Waals surface area contributed by atoms with E-state index in [2.05, 4.69) is 5.32 Å². The third kappa shape index (κ3) is 3.32. The van der Waals surface area contributed by atoms with E-state index in [1.165, 1.54) is 7.11 Å². The van der Waals surface area contributed by atoms with Crippen molar-refractivity contribution in [1.82, 2.24) is 0 Å². The molecule has 1 aromatic rings. The number of carboxylic acids is 1. The number of amides is 1. The molecule has 1 aliphatic carbocycles. The summed E-state index contributed by atoms with van der Waals surface area (Å²) in [6.07, 6.45) is 1.92. The lowest BCUT2D eigenvalue weighted by Gasteiger charge is -2.36. The SMILES string of the molecule is CCOc1ccc(OC)cc1NC(=O)CC1(C(=O)O)CCC1. The lowest BCUT2D eigenvalue weighted by molar-refractivity contribution is -0.157. The van der Waals surface area contributed by atoms with Crippen molar-refractivity contribution >= 4 is 17.6 Å². The molecule has 2 N–H and O–H groups in total. The molecule has 1 fully saturated rings. The summed E-state index contributed by atoms with van der Waals surface area (Å²) in [7, 11) is 1.54. The predicted molar refractivity (Wildman–Crippen MR) is 81.3 cm³/mol. The van der Waals surface area contributed by atoms with Crippen LogP contribution in [0.15, 0.2) is 18.2 Å². The fourth-order valence-corrected chi connectivity index (χ4v) is 2.59. The second kappa shape index (κ2) is 6.68. The third-order valence-electron chi connectivity index (χ3n) is 4.02. The molecule has 0 unspecified atom stereocenters. The Kier molecular flexibility index (Phi) is 4.90. The molecule has 22 heavy (non-hydrogen) atoms. The molecule has 1 aliphatic rings. The Morgan fingerprint density at radius 1 is 1.36 bits per heavy atom. The molecule has 0 radical (unpaired) electrons. The number of rotatable bonds is 7. The maximum Gasteiger partial charge on any atom is 0.310 e. The van der Waals surface area contributed by atoms with E-state index >= 15 is 0 Å². The molecule has 0 atom stereocenters. The van der Waals surface area contributed by atoms with E-state index < -0.39 is 11.4 Å². The standard InChI is InChI=1S/C16H21NO5/c1-3-22-13-6-5-11(21-2)9-12(13)17-14(18)10-16(15(19)20)7-4-8-16/h5-6,9H,3-4,7-8,10H2,1-2H3,(H,17,18)(H,19,20). The van der Waals surface area contributed by atoms with Crippen LogP contribution in [-0.4, -0.2) is 30.7 Å². The van der Waals surface area contributed by atoms with Crippen LogP contribution in [0.2, 0.25) is 0 Å². The van der Waals surface area contributed by atoms with Crippen molar-refractivity contribution < 1.29 is 24.2 Å². The number of hydrogen-bond acceptors (Lipinski definition) is 4. The number of methoxy groups -OCH3 is 1. The molecule has 0 heterocycles. The summed E-state index contributed by atoms with van der Waals surface area (Å²) in [4.78, 5) is 23.5. The van der Waals surface area contributed by atoms with Crippen molar-refractivity contribution in [2.24, 2.45) is 5.41 Å². The van der Waals surface area contributed by atoms with Crippen molar-refractivity contribution in [3.8, 4) is 11.5 Å². The van der Waals surface area contributed by atoms with Crippen LogP contribution >= 0.6 is 0 Å². The van der Waals surface area contributed by atoms with Gasteiger partial charge in [-0.1, -0.05) is 6.42 Å². The number of benzene rings is 1. The molecule has 0 aromatic heterocycles. The third-order valence-corrected chi connectivity index (χ3v) is 4.02. The van der Waals surface area contributed by atoms with Crippen LogP contribution in [-0.2, 0) is 9.59 Å². The van der Waals surface area contributed by atoms with Gasteiger partial charge >= 0.3 is 5.97 Å². The molecule has 0 spiro atoms. The first kappa shape index (κ1) is 16.1. The van der Waals surface area contributed by atoms with Gasteiger partial charge in [-0.3, -0.25) is 9.59 Å². The van der Waals surface area contributed by atoms with E-state index in [0.29, 0.717) is 36.6 Å². The summed E-state index contributed by atoms with van der Waals surface area (Å²) < 4.78 is 10.6.